The molecular weight excluding hydrogens is 586 g/mol. The summed E-state index contributed by atoms with van der Waals surface area (Å²) in [7, 11) is -3.84. The molecule has 0 spiro atoms. The van der Waals surface area contributed by atoms with Crippen molar-refractivity contribution in [3.63, 3.8) is 0 Å². The first-order valence-electron chi connectivity index (χ1n) is 11.9. The first-order chi connectivity index (χ1) is 18.3. The highest BCUT2D eigenvalue weighted by atomic mass is 79.9. The zero-order chi connectivity index (χ0) is 26.4. The summed E-state index contributed by atoms with van der Waals surface area (Å²) in [5.41, 5.74) is 4.28. The number of anilines is 1. The highest BCUT2D eigenvalue weighted by molar-refractivity contribution is 9.10. The average molecular weight is 609 g/mol. The van der Waals surface area contributed by atoms with Crippen LogP contribution in [-0.2, 0) is 14.8 Å². The molecule has 0 atom stereocenters. The van der Waals surface area contributed by atoms with Crippen LogP contribution in [0.5, 0.6) is 0 Å². The Balaban J connectivity index is 1.32. The van der Waals surface area contributed by atoms with Crippen LogP contribution in [0, 0.1) is 0 Å². The van der Waals surface area contributed by atoms with E-state index in [0.717, 1.165) is 16.6 Å². The van der Waals surface area contributed by atoms with Gasteiger partial charge in [-0.05, 0) is 82.0 Å². The van der Waals surface area contributed by atoms with E-state index in [-0.39, 0.29) is 16.6 Å². The zero-order valence-corrected chi connectivity index (χ0v) is 23.2. The molecule has 0 aliphatic heterocycles. The maximum absolute atomic E-state index is 12.9. The van der Waals surface area contributed by atoms with Crippen molar-refractivity contribution in [3.8, 4) is 5.69 Å². The number of primary sulfonamides is 1. The lowest BCUT2D eigenvalue weighted by atomic mass is 9.99. The van der Waals surface area contributed by atoms with Crippen LogP contribution in [0.1, 0.15) is 24.3 Å². The van der Waals surface area contributed by atoms with E-state index in [1.165, 1.54) is 53.8 Å². The number of halogens is 1. The summed E-state index contributed by atoms with van der Waals surface area (Å²) in [5, 5.41) is 11.0. The lowest BCUT2D eigenvalue weighted by molar-refractivity contribution is -0.113. The van der Waals surface area contributed by atoms with Crippen molar-refractivity contribution in [2.24, 2.45) is 5.14 Å². The molecule has 2 heterocycles. The van der Waals surface area contributed by atoms with Crippen LogP contribution in [0.2, 0.25) is 0 Å². The van der Waals surface area contributed by atoms with E-state index in [9.17, 15) is 13.2 Å². The first-order valence-corrected chi connectivity index (χ1v) is 15.2. The molecule has 2 aromatic heterocycles. The zero-order valence-electron chi connectivity index (χ0n) is 20.0. The van der Waals surface area contributed by atoms with Crippen molar-refractivity contribution in [3.05, 3.63) is 83.0 Å². The quantitative estimate of drug-likeness (QED) is 0.233. The van der Waals surface area contributed by atoms with E-state index < -0.39 is 10.0 Å². The molecule has 0 bridgehead atoms. The molecule has 38 heavy (non-hydrogen) atoms. The van der Waals surface area contributed by atoms with E-state index in [0.29, 0.717) is 26.9 Å². The summed E-state index contributed by atoms with van der Waals surface area (Å²) < 4.78 is 25.7. The van der Waals surface area contributed by atoms with Gasteiger partial charge in [0.1, 0.15) is 0 Å². The lowest BCUT2D eigenvalue weighted by Crippen LogP contribution is -2.16. The smallest absolute Gasteiger partial charge is 0.238 e. The van der Waals surface area contributed by atoms with E-state index in [1.54, 1.807) is 6.20 Å². The predicted octanol–water partition coefficient (Wildman–Crippen LogP) is 5.59. The molecule has 3 N–H and O–H groups in total. The Morgan fingerprint density at radius 3 is 2.61 bits per heavy atom. The van der Waals surface area contributed by atoms with Crippen LogP contribution < -0.4 is 10.5 Å². The Hall–Kier alpha value is -3.25. The summed E-state index contributed by atoms with van der Waals surface area (Å²) in [6, 6.07) is 20.8. The van der Waals surface area contributed by atoms with Gasteiger partial charge in [-0.1, -0.05) is 42.1 Å². The van der Waals surface area contributed by atoms with Crippen LogP contribution >= 0.6 is 27.7 Å². The lowest BCUT2D eigenvalue weighted by Gasteiger charge is -2.15. The second kappa shape index (κ2) is 9.81. The van der Waals surface area contributed by atoms with Gasteiger partial charge in [-0.3, -0.25) is 9.36 Å². The molecule has 1 fully saturated rings. The number of carbonyl (C=O) groups excluding carboxylic acids is 1. The molecule has 192 valence electrons. The maximum atomic E-state index is 12.9. The summed E-state index contributed by atoms with van der Waals surface area (Å²) >= 11 is 4.61. The number of benzene rings is 3. The summed E-state index contributed by atoms with van der Waals surface area (Å²) in [6.45, 7) is 0. The molecule has 1 amide bonds. The highest BCUT2D eigenvalue weighted by Crippen LogP contribution is 2.44. The summed E-state index contributed by atoms with van der Waals surface area (Å²) in [5.74, 6) is 0.440. The maximum Gasteiger partial charge on any atom is 0.238 e. The van der Waals surface area contributed by atoms with Crippen molar-refractivity contribution in [1.29, 1.82) is 0 Å². The van der Waals surface area contributed by atoms with Gasteiger partial charge in [-0.15, -0.1) is 0 Å². The normalized spacial score (nSPS) is 13.7. The third kappa shape index (κ3) is 4.82. The molecule has 11 heteroatoms. The van der Waals surface area contributed by atoms with Crippen molar-refractivity contribution in [1.82, 2.24) is 14.5 Å². The van der Waals surface area contributed by atoms with Crippen LogP contribution in [0.25, 0.3) is 27.6 Å². The number of aromatic nitrogens is 3. The SMILES string of the molecule is NS(=O)(=O)c1ccc(NC(=O)CSc2nc3ncccc3n2-c2ccc(C3CC3)c3ccccc23)c(Br)c1. The summed E-state index contributed by atoms with van der Waals surface area (Å²) in [6.07, 6.45) is 4.15. The molecular formula is C27H22BrN5O3S2. The number of nitrogens with one attached hydrogen (secondary N) is 1. The van der Waals surface area contributed by atoms with Crippen molar-refractivity contribution in [2.75, 3.05) is 11.1 Å². The van der Waals surface area contributed by atoms with Gasteiger partial charge in [0.15, 0.2) is 10.8 Å². The molecule has 0 saturated heterocycles. The topological polar surface area (TPSA) is 120 Å². The van der Waals surface area contributed by atoms with Crippen molar-refractivity contribution in [2.45, 2.75) is 28.8 Å². The first kappa shape index (κ1) is 25.1. The second-order valence-corrected chi connectivity index (χ2v) is 12.5. The van der Waals surface area contributed by atoms with Gasteiger partial charge in [0.05, 0.1) is 27.5 Å². The molecule has 6 rings (SSSR count). The summed E-state index contributed by atoms with van der Waals surface area (Å²) in [4.78, 5) is 22.0. The van der Waals surface area contributed by atoms with Gasteiger partial charge < -0.3 is 5.32 Å². The Kier molecular flexibility index (Phi) is 6.47. The van der Waals surface area contributed by atoms with Crippen LogP contribution in [0.3, 0.4) is 0 Å². The van der Waals surface area contributed by atoms with E-state index in [4.69, 9.17) is 10.1 Å². The number of fused-ring (bicyclic) bond motifs is 2. The van der Waals surface area contributed by atoms with E-state index in [2.05, 4.69) is 61.1 Å². The van der Waals surface area contributed by atoms with Gasteiger partial charge in [0.2, 0.25) is 15.9 Å². The Morgan fingerprint density at radius 2 is 1.87 bits per heavy atom. The molecule has 8 nitrogen and oxygen atoms in total. The van der Waals surface area contributed by atoms with Crippen LogP contribution in [0.15, 0.2) is 87.5 Å². The van der Waals surface area contributed by atoms with Gasteiger partial charge in [-0.25, -0.2) is 23.5 Å². The second-order valence-electron chi connectivity index (χ2n) is 9.09. The minimum Gasteiger partial charge on any atom is -0.324 e. The minimum atomic E-state index is -3.84. The van der Waals surface area contributed by atoms with Crippen molar-refractivity contribution >= 4 is 71.2 Å². The molecule has 5 aromatic rings. The standard InChI is InChI=1S/C27H22BrN5O3S2/c28-21-14-17(38(29,35)36)9-11-22(21)31-25(34)15-37-27-32-26-24(6-3-13-30-26)33(27)23-12-10-18(16-7-8-16)19-4-1-2-5-20(19)23/h1-6,9-14,16H,7-8,15H2,(H,31,34)(H2,29,35,36). The number of imidazole rings is 1. The molecule has 1 aliphatic rings. The predicted molar refractivity (Wildman–Crippen MR) is 153 cm³/mol. The number of rotatable bonds is 7. The number of thioether (sulfide) groups is 1. The third-order valence-electron chi connectivity index (χ3n) is 6.47. The molecule has 1 aliphatic carbocycles. The van der Waals surface area contributed by atoms with Crippen LogP contribution in [-0.4, -0.2) is 34.6 Å². The molecule has 0 radical (unpaired) electrons. The number of hydrogen-bond donors (Lipinski definition) is 2. The Morgan fingerprint density at radius 1 is 1.08 bits per heavy atom. The number of pyridine rings is 1. The number of carbonyl (C=O) groups is 1. The minimum absolute atomic E-state index is 0.0436. The van der Waals surface area contributed by atoms with Gasteiger partial charge >= 0.3 is 0 Å². The molecule has 3 aromatic carbocycles. The number of sulfonamides is 1. The number of hydrogen-bond acceptors (Lipinski definition) is 6. The van der Waals surface area contributed by atoms with Crippen molar-refractivity contribution < 1.29 is 13.2 Å². The monoisotopic (exact) mass is 607 g/mol. The van der Waals surface area contributed by atoms with E-state index in [1.807, 2.05) is 18.2 Å². The Bertz CT molecular complexity index is 1830. The number of nitrogens with zero attached hydrogens (tertiary/aromatic N) is 3. The average Bonchev–Trinajstić information content (AvgIpc) is 3.68. The van der Waals surface area contributed by atoms with Crippen LogP contribution in [0.4, 0.5) is 5.69 Å². The molecule has 1 saturated carbocycles. The fourth-order valence-electron chi connectivity index (χ4n) is 4.56. The Labute approximate surface area is 231 Å². The number of amides is 1. The fourth-order valence-corrected chi connectivity index (χ4v) is 6.54. The van der Waals surface area contributed by atoms with Gasteiger partial charge in [0.25, 0.3) is 0 Å². The third-order valence-corrected chi connectivity index (χ3v) is 8.97. The largest absolute Gasteiger partial charge is 0.324 e. The van der Waals surface area contributed by atoms with Gasteiger partial charge in [-0.2, -0.15) is 0 Å². The molecule has 0 unspecified atom stereocenters. The highest BCUT2D eigenvalue weighted by Gasteiger charge is 2.26. The fraction of sp³-hybridized carbons (Fsp3) is 0.148. The van der Waals surface area contributed by atoms with E-state index >= 15 is 0 Å². The number of nitrogens with two attached hydrogens (primary N) is 1. The van der Waals surface area contributed by atoms with Gasteiger partial charge in [0, 0.05) is 16.1 Å².